The van der Waals surface area contributed by atoms with Crippen LogP contribution in [0.25, 0.3) is 0 Å². The first kappa shape index (κ1) is 10.9. The Hall–Kier alpha value is -1.59. The Morgan fingerprint density at radius 3 is 2.12 bits per heavy atom. The van der Waals surface area contributed by atoms with E-state index >= 15 is 0 Å². The Balaban J connectivity index is 2.27. The molecule has 0 aromatic carbocycles. The van der Waals surface area contributed by atoms with Gasteiger partial charge in [-0.15, -0.1) is 0 Å². The van der Waals surface area contributed by atoms with E-state index in [9.17, 15) is 0 Å². The van der Waals surface area contributed by atoms with Crippen LogP contribution in [-0.4, -0.2) is 43.7 Å². The fraction of sp³-hybridized carbons (Fsp3) is 0.700. The summed E-state index contributed by atoms with van der Waals surface area (Å²) < 4.78 is 0. The zero-order valence-corrected chi connectivity index (χ0v) is 9.51. The topological polar surface area (TPSA) is 98.7 Å². The van der Waals surface area contributed by atoms with Gasteiger partial charge < -0.3 is 16.4 Å². The van der Waals surface area contributed by atoms with Gasteiger partial charge in [0.05, 0.1) is 24.3 Å². The summed E-state index contributed by atoms with van der Waals surface area (Å²) in [6, 6.07) is 0. The molecule has 6 nitrogen and oxygen atoms in total. The van der Waals surface area contributed by atoms with Gasteiger partial charge >= 0.3 is 0 Å². The summed E-state index contributed by atoms with van der Waals surface area (Å²) in [6.07, 6.45) is 0.449. The minimum atomic E-state index is -0.390. The van der Waals surface area contributed by atoms with Crippen LogP contribution >= 0.6 is 0 Å². The van der Waals surface area contributed by atoms with Gasteiger partial charge in [-0.1, -0.05) is 0 Å². The van der Waals surface area contributed by atoms with E-state index in [0.29, 0.717) is 6.42 Å². The van der Waals surface area contributed by atoms with Crippen molar-refractivity contribution in [1.82, 2.24) is 10.6 Å². The van der Waals surface area contributed by atoms with Gasteiger partial charge in [-0.05, 0) is 6.92 Å². The van der Waals surface area contributed by atoms with E-state index in [0.717, 1.165) is 37.9 Å². The molecular formula is C10H18N6. The van der Waals surface area contributed by atoms with Crippen molar-refractivity contribution in [1.29, 1.82) is 5.41 Å². The molecular weight excluding hydrogens is 204 g/mol. The minimum Gasteiger partial charge on any atom is -0.388 e. The lowest BCUT2D eigenvalue weighted by molar-refractivity contribution is 0.631. The van der Waals surface area contributed by atoms with Crippen LogP contribution in [-0.2, 0) is 0 Å². The molecule has 0 bridgehead atoms. The summed E-state index contributed by atoms with van der Waals surface area (Å²) >= 11 is 0. The first-order valence-corrected chi connectivity index (χ1v) is 5.53. The second-order valence-electron chi connectivity index (χ2n) is 4.35. The number of rotatable bonds is 4. The van der Waals surface area contributed by atoms with Crippen LogP contribution in [0.5, 0.6) is 0 Å². The van der Waals surface area contributed by atoms with Gasteiger partial charge in [0, 0.05) is 19.5 Å². The first-order valence-electron chi connectivity index (χ1n) is 5.53. The molecule has 0 aromatic heterocycles. The average Bonchev–Trinajstić information content (AvgIpc) is 2.91. The smallest absolute Gasteiger partial charge is 0.110 e. The van der Waals surface area contributed by atoms with Crippen molar-refractivity contribution in [2.24, 2.45) is 21.1 Å². The molecule has 0 aromatic rings. The van der Waals surface area contributed by atoms with Gasteiger partial charge in [0.2, 0.25) is 0 Å². The maximum Gasteiger partial charge on any atom is 0.110 e. The molecule has 0 atom stereocenters. The molecule has 6 heteroatoms. The fourth-order valence-corrected chi connectivity index (χ4v) is 2.20. The van der Waals surface area contributed by atoms with Crippen molar-refractivity contribution in [2.75, 3.05) is 26.2 Å². The van der Waals surface area contributed by atoms with Crippen LogP contribution in [0.3, 0.4) is 0 Å². The van der Waals surface area contributed by atoms with Crippen LogP contribution in [0, 0.1) is 10.8 Å². The molecule has 0 saturated carbocycles. The Kier molecular flexibility index (Phi) is 2.80. The lowest BCUT2D eigenvalue weighted by atomic mass is 9.83. The highest BCUT2D eigenvalue weighted by atomic mass is 15.1. The summed E-state index contributed by atoms with van der Waals surface area (Å²) in [5.41, 5.74) is 5.14. The molecule has 88 valence electrons. The third-order valence-electron chi connectivity index (χ3n) is 2.94. The highest BCUT2D eigenvalue weighted by molar-refractivity contribution is 6.12. The monoisotopic (exact) mass is 222 g/mol. The second-order valence-corrected chi connectivity index (χ2v) is 4.35. The van der Waals surface area contributed by atoms with Crippen molar-refractivity contribution in [2.45, 2.75) is 13.3 Å². The van der Waals surface area contributed by atoms with Crippen molar-refractivity contribution in [3.05, 3.63) is 0 Å². The maximum absolute atomic E-state index is 7.49. The van der Waals surface area contributed by atoms with E-state index in [1.54, 1.807) is 0 Å². The first-order chi connectivity index (χ1) is 7.63. The molecule has 0 aliphatic carbocycles. The molecule has 0 amide bonds. The summed E-state index contributed by atoms with van der Waals surface area (Å²) in [6.45, 7) is 5.32. The van der Waals surface area contributed by atoms with Gasteiger partial charge in [0.15, 0.2) is 0 Å². The van der Waals surface area contributed by atoms with Crippen LogP contribution < -0.4 is 16.4 Å². The quantitative estimate of drug-likeness (QED) is 0.375. The van der Waals surface area contributed by atoms with Gasteiger partial charge in [-0.2, -0.15) is 0 Å². The molecule has 0 radical (unpaired) electrons. The largest absolute Gasteiger partial charge is 0.388 e. The molecule has 0 unspecified atom stereocenters. The molecule has 16 heavy (non-hydrogen) atoms. The van der Waals surface area contributed by atoms with E-state index in [-0.39, 0.29) is 5.84 Å². The maximum atomic E-state index is 7.49. The van der Waals surface area contributed by atoms with Crippen molar-refractivity contribution < 1.29 is 0 Å². The van der Waals surface area contributed by atoms with E-state index < -0.39 is 5.41 Å². The number of nitrogens with one attached hydrogen (secondary N) is 3. The highest BCUT2D eigenvalue weighted by Gasteiger charge is 2.39. The molecule has 0 spiro atoms. The minimum absolute atomic E-state index is 0.162. The Morgan fingerprint density at radius 1 is 1.31 bits per heavy atom. The second kappa shape index (κ2) is 4.11. The third kappa shape index (κ3) is 1.87. The highest BCUT2D eigenvalue weighted by Crippen LogP contribution is 2.26. The lowest BCUT2D eigenvalue weighted by Gasteiger charge is -2.29. The molecule has 5 N–H and O–H groups in total. The predicted octanol–water partition coefficient (Wildman–Crippen LogP) is -0.678. The SMILES string of the molecule is CC(CC(=N)N)(C1=NCCN1)C1=NCCN1. The molecule has 0 saturated heterocycles. The zero-order chi connectivity index (χ0) is 11.6. The van der Waals surface area contributed by atoms with Crippen LogP contribution in [0.15, 0.2) is 9.98 Å². The summed E-state index contributed by atoms with van der Waals surface area (Å²) in [5, 5.41) is 14.0. The number of hydrogen-bond donors (Lipinski definition) is 4. The lowest BCUT2D eigenvalue weighted by Crippen LogP contribution is -2.48. The Labute approximate surface area is 94.9 Å². The number of nitrogens with zero attached hydrogens (tertiary/aromatic N) is 2. The van der Waals surface area contributed by atoms with Crippen molar-refractivity contribution >= 4 is 17.5 Å². The fourth-order valence-electron chi connectivity index (χ4n) is 2.20. The van der Waals surface area contributed by atoms with Crippen molar-refractivity contribution in [3.63, 3.8) is 0 Å². The van der Waals surface area contributed by atoms with E-state index in [2.05, 4.69) is 20.6 Å². The van der Waals surface area contributed by atoms with Gasteiger partial charge in [-0.3, -0.25) is 15.4 Å². The normalized spacial score (nSPS) is 19.8. The molecule has 2 heterocycles. The van der Waals surface area contributed by atoms with Crippen molar-refractivity contribution in [3.8, 4) is 0 Å². The van der Waals surface area contributed by atoms with E-state index in [1.807, 2.05) is 6.92 Å². The van der Waals surface area contributed by atoms with Gasteiger partial charge in [0.25, 0.3) is 0 Å². The molecule has 0 fully saturated rings. The van der Waals surface area contributed by atoms with Crippen LogP contribution in [0.4, 0.5) is 0 Å². The van der Waals surface area contributed by atoms with E-state index in [1.165, 1.54) is 0 Å². The summed E-state index contributed by atoms with van der Waals surface area (Å²) in [7, 11) is 0. The third-order valence-corrected chi connectivity index (χ3v) is 2.94. The number of amidine groups is 3. The zero-order valence-electron chi connectivity index (χ0n) is 9.51. The van der Waals surface area contributed by atoms with Gasteiger partial charge in [-0.25, -0.2) is 0 Å². The molecule has 2 aliphatic heterocycles. The molecule has 2 rings (SSSR count). The number of aliphatic imine (C=N–C) groups is 2. The predicted molar refractivity (Wildman–Crippen MR) is 65.2 cm³/mol. The van der Waals surface area contributed by atoms with E-state index in [4.69, 9.17) is 11.1 Å². The average molecular weight is 222 g/mol. The Bertz CT molecular complexity index is 332. The van der Waals surface area contributed by atoms with Gasteiger partial charge in [0.1, 0.15) is 11.7 Å². The standard InChI is InChI=1S/C10H18N6/c1-10(6-7(11)12,8-13-2-3-14-8)9-15-4-5-16-9/h2-6H2,1H3,(H3,11,12)(H,13,14)(H,15,16). The molecule has 2 aliphatic rings. The van der Waals surface area contributed by atoms with Crippen LogP contribution in [0.2, 0.25) is 0 Å². The number of hydrogen-bond acceptors (Lipinski definition) is 5. The summed E-state index contributed by atoms with van der Waals surface area (Å²) in [4.78, 5) is 8.88. The number of nitrogens with two attached hydrogens (primary N) is 1. The Morgan fingerprint density at radius 2 is 1.81 bits per heavy atom. The summed E-state index contributed by atoms with van der Waals surface area (Å²) in [5.74, 6) is 1.96. The van der Waals surface area contributed by atoms with Crippen LogP contribution in [0.1, 0.15) is 13.3 Å².